The van der Waals surface area contributed by atoms with Crippen LogP contribution >= 0.6 is 31.9 Å². The number of ether oxygens (including phenoxy) is 2. The normalized spacial score (nSPS) is 11.0. The molecule has 0 spiro atoms. The van der Waals surface area contributed by atoms with E-state index in [-0.39, 0.29) is 0 Å². The van der Waals surface area contributed by atoms with Crippen LogP contribution in [0, 0.1) is 0 Å². The van der Waals surface area contributed by atoms with E-state index in [1.807, 2.05) is 0 Å². The zero-order chi connectivity index (χ0) is 20.5. The van der Waals surface area contributed by atoms with E-state index in [0.29, 0.717) is 0 Å². The summed E-state index contributed by atoms with van der Waals surface area (Å²) in [6.45, 7) is 6.06. The number of hydrogen-bond donors (Lipinski definition) is 0. The van der Waals surface area contributed by atoms with Gasteiger partial charge in [0.1, 0.15) is 0 Å². The lowest BCUT2D eigenvalue weighted by atomic mass is 10.1. The minimum Gasteiger partial charge on any atom is -0.490 e. The quantitative estimate of drug-likeness (QED) is 0.142. The highest BCUT2D eigenvalue weighted by Crippen LogP contribution is 2.33. The molecule has 28 heavy (non-hydrogen) atoms. The van der Waals surface area contributed by atoms with E-state index >= 15 is 0 Å². The van der Waals surface area contributed by atoms with Gasteiger partial charge < -0.3 is 9.47 Å². The maximum absolute atomic E-state index is 6.13. The molecule has 0 radical (unpaired) electrons. The Kier molecular flexibility index (Phi) is 16.2. The van der Waals surface area contributed by atoms with E-state index in [1.54, 1.807) is 0 Å². The predicted molar refractivity (Wildman–Crippen MR) is 129 cm³/mol. The van der Waals surface area contributed by atoms with Crippen molar-refractivity contribution in [3.05, 3.63) is 23.3 Å². The molecule has 0 saturated carbocycles. The Balaban J connectivity index is 2.52. The van der Waals surface area contributed by atoms with E-state index in [9.17, 15) is 0 Å². The molecule has 0 aliphatic heterocycles. The molecule has 0 N–H and O–H groups in total. The monoisotopic (exact) mass is 518 g/mol. The van der Waals surface area contributed by atoms with Gasteiger partial charge in [-0.15, -0.1) is 0 Å². The van der Waals surface area contributed by atoms with Gasteiger partial charge in [0.2, 0.25) is 0 Å². The van der Waals surface area contributed by atoms with Crippen molar-refractivity contribution in [2.24, 2.45) is 0 Å². The van der Waals surface area contributed by atoms with Crippen LogP contribution in [-0.4, -0.2) is 13.2 Å². The Morgan fingerprint density at radius 2 is 0.929 bits per heavy atom. The SMILES string of the molecule is CCCCCCCCOc1cc(CBr)c(CBr)cc1OCCCCCCCC. The topological polar surface area (TPSA) is 18.5 Å². The second kappa shape index (κ2) is 17.6. The molecule has 0 atom stereocenters. The van der Waals surface area contributed by atoms with Crippen LogP contribution in [0.4, 0.5) is 0 Å². The van der Waals surface area contributed by atoms with Crippen LogP contribution < -0.4 is 9.47 Å². The second-order valence-electron chi connectivity index (χ2n) is 7.57. The van der Waals surface area contributed by atoms with Crippen LogP contribution in [0.2, 0.25) is 0 Å². The summed E-state index contributed by atoms with van der Waals surface area (Å²) in [6, 6.07) is 4.30. The lowest BCUT2D eigenvalue weighted by Crippen LogP contribution is -2.04. The Morgan fingerprint density at radius 3 is 1.29 bits per heavy atom. The van der Waals surface area contributed by atoms with Gasteiger partial charge >= 0.3 is 0 Å². The lowest BCUT2D eigenvalue weighted by molar-refractivity contribution is 0.258. The van der Waals surface area contributed by atoms with E-state index < -0.39 is 0 Å². The molecule has 0 fully saturated rings. The van der Waals surface area contributed by atoms with E-state index in [0.717, 1.165) is 48.2 Å². The van der Waals surface area contributed by atoms with E-state index in [4.69, 9.17) is 9.47 Å². The van der Waals surface area contributed by atoms with Crippen LogP contribution in [-0.2, 0) is 10.7 Å². The summed E-state index contributed by atoms with van der Waals surface area (Å²) in [4.78, 5) is 0. The summed E-state index contributed by atoms with van der Waals surface area (Å²) in [6.07, 6.45) is 15.3. The van der Waals surface area contributed by atoms with Gasteiger partial charge in [-0.2, -0.15) is 0 Å². The van der Waals surface area contributed by atoms with Gasteiger partial charge in [-0.25, -0.2) is 0 Å². The third kappa shape index (κ3) is 11.1. The number of benzene rings is 1. The Bertz CT molecular complexity index is 461. The highest BCUT2D eigenvalue weighted by atomic mass is 79.9. The van der Waals surface area contributed by atoms with Crippen LogP contribution in [0.25, 0.3) is 0 Å². The van der Waals surface area contributed by atoms with Crippen molar-refractivity contribution in [1.29, 1.82) is 0 Å². The summed E-state index contributed by atoms with van der Waals surface area (Å²) < 4.78 is 12.3. The maximum atomic E-state index is 6.13. The van der Waals surface area contributed by atoms with Crippen molar-refractivity contribution < 1.29 is 9.47 Å². The molecule has 0 bridgehead atoms. The maximum Gasteiger partial charge on any atom is 0.161 e. The molecule has 0 aliphatic carbocycles. The molecular weight excluding hydrogens is 480 g/mol. The van der Waals surface area contributed by atoms with Crippen LogP contribution in [0.5, 0.6) is 11.5 Å². The van der Waals surface area contributed by atoms with Gasteiger partial charge in [-0.05, 0) is 36.1 Å². The lowest BCUT2D eigenvalue weighted by Gasteiger charge is -2.16. The predicted octanol–water partition coefficient (Wildman–Crippen LogP) is 8.96. The van der Waals surface area contributed by atoms with Gasteiger partial charge in [-0.3, -0.25) is 0 Å². The standard InChI is InChI=1S/C24H40Br2O2/c1-3-5-7-9-11-13-15-27-23-17-21(19-25)22(20-26)18-24(23)28-16-14-12-10-8-6-4-2/h17-18H,3-16,19-20H2,1-2H3. The van der Waals surface area contributed by atoms with Crippen molar-refractivity contribution in [3.8, 4) is 11.5 Å². The minimum absolute atomic E-state index is 0.773. The number of halogens is 2. The van der Waals surface area contributed by atoms with Crippen LogP contribution in [0.15, 0.2) is 12.1 Å². The fraction of sp³-hybridized carbons (Fsp3) is 0.750. The van der Waals surface area contributed by atoms with Crippen molar-refractivity contribution >= 4 is 31.9 Å². The Morgan fingerprint density at radius 1 is 0.571 bits per heavy atom. The second-order valence-corrected chi connectivity index (χ2v) is 8.69. The summed E-state index contributed by atoms with van der Waals surface area (Å²) in [7, 11) is 0. The molecule has 0 amide bonds. The van der Waals surface area contributed by atoms with Gasteiger partial charge in [0.05, 0.1) is 13.2 Å². The molecule has 0 unspecified atom stereocenters. The highest BCUT2D eigenvalue weighted by Gasteiger charge is 2.11. The molecule has 162 valence electrons. The first-order valence-electron chi connectivity index (χ1n) is 11.3. The van der Waals surface area contributed by atoms with Gasteiger partial charge in [0.15, 0.2) is 11.5 Å². The fourth-order valence-electron chi connectivity index (χ4n) is 3.25. The molecule has 0 saturated heterocycles. The van der Waals surface area contributed by atoms with Crippen molar-refractivity contribution in [3.63, 3.8) is 0 Å². The summed E-state index contributed by atoms with van der Waals surface area (Å²) in [5.74, 6) is 1.80. The first-order chi connectivity index (χ1) is 13.8. The molecule has 4 heteroatoms. The van der Waals surface area contributed by atoms with Gasteiger partial charge in [0, 0.05) is 10.7 Å². The number of unbranched alkanes of at least 4 members (excludes halogenated alkanes) is 10. The average molecular weight is 520 g/mol. The Labute approximate surface area is 190 Å². The summed E-state index contributed by atoms with van der Waals surface area (Å²) in [5, 5.41) is 1.66. The van der Waals surface area contributed by atoms with Crippen LogP contribution in [0.3, 0.4) is 0 Å². The Hall–Kier alpha value is -0.220. The first kappa shape index (κ1) is 25.8. The average Bonchev–Trinajstić information content (AvgIpc) is 2.72. The fourth-order valence-corrected chi connectivity index (χ4v) is 4.29. The third-order valence-corrected chi connectivity index (χ3v) is 6.27. The van der Waals surface area contributed by atoms with Crippen molar-refractivity contribution in [2.45, 2.75) is 102 Å². The number of rotatable bonds is 18. The zero-order valence-corrected chi connectivity index (χ0v) is 21.2. The van der Waals surface area contributed by atoms with Crippen molar-refractivity contribution in [2.75, 3.05) is 13.2 Å². The molecule has 0 aliphatic rings. The van der Waals surface area contributed by atoms with E-state index in [2.05, 4.69) is 57.8 Å². The largest absolute Gasteiger partial charge is 0.490 e. The molecule has 1 aromatic rings. The highest BCUT2D eigenvalue weighted by molar-refractivity contribution is 9.09. The number of alkyl halides is 2. The van der Waals surface area contributed by atoms with E-state index in [1.165, 1.54) is 75.3 Å². The van der Waals surface area contributed by atoms with Crippen LogP contribution in [0.1, 0.15) is 102 Å². The van der Waals surface area contributed by atoms with Crippen molar-refractivity contribution in [1.82, 2.24) is 0 Å². The molecule has 0 aromatic heterocycles. The zero-order valence-electron chi connectivity index (χ0n) is 18.0. The molecule has 2 nitrogen and oxygen atoms in total. The summed E-state index contributed by atoms with van der Waals surface area (Å²) in [5.41, 5.74) is 2.53. The summed E-state index contributed by atoms with van der Waals surface area (Å²) >= 11 is 7.20. The third-order valence-electron chi connectivity index (χ3n) is 5.06. The molecule has 1 rings (SSSR count). The molecule has 1 aromatic carbocycles. The minimum atomic E-state index is 0.773. The molecular formula is C24H40Br2O2. The first-order valence-corrected chi connectivity index (χ1v) is 13.5. The molecule has 0 heterocycles. The number of hydrogen-bond acceptors (Lipinski definition) is 2. The van der Waals surface area contributed by atoms with Gasteiger partial charge in [0.25, 0.3) is 0 Å². The smallest absolute Gasteiger partial charge is 0.161 e. The van der Waals surface area contributed by atoms with Gasteiger partial charge in [-0.1, -0.05) is 110 Å².